The summed E-state index contributed by atoms with van der Waals surface area (Å²) in [6.07, 6.45) is 1.39. The molecular weight excluding hydrogens is 450 g/mol. The molecule has 0 radical (unpaired) electrons. The highest BCUT2D eigenvalue weighted by molar-refractivity contribution is 6.37. The van der Waals surface area contributed by atoms with Crippen LogP contribution in [0.4, 0.5) is 10.1 Å². The number of amides is 1. The lowest BCUT2D eigenvalue weighted by Crippen LogP contribution is -2.14. The first-order chi connectivity index (χ1) is 15.3. The summed E-state index contributed by atoms with van der Waals surface area (Å²) in [5.41, 5.74) is 3.27. The van der Waals surface area contributed by atoms with Crippen LogP contribution in [0.15, 0.2) is 60.2 Å². The zero-order valence-corrected chi connectivity index (χ0v) is 18.9. The number of carbonyl (C=O) groups excluding carboxylic acids is 1. The summed E-state index contributed by atoms with van der Waals surface area (Å²) in [6.45, 7) is 3.78. The number of hydrogen-bond acceptors (Lipinski definition) is 3. The molecule has 1 amide bonds. The van der Waals surface area contributed by atoms with Crippen molar-refractivity contribution in [1.82, 2.24) is 0 Å². The van der Waals surface area contributed by atoms with Crippen LogP contribution in [0.3, 0.4) is 0 Å². The molecule has 0 aliphatic heterocycles. The summed E-state index contributed by atoms with van der Waals surface area (Å²) in [5, 5.41) is 12.6. The van der Waals surface area contributed by atoms with Crippen molar-refractivity contribution in [2.75, 3.05) is 5.32 Å². The van der Waals surface area contributed by atoms with E-state index in [1.165, 1.54) is 24.3 Å². The summed E-state index contributed by atoms with van der Waals surface area (Å²) < 4.78 is 19.4. The Morgan fingerprint density at radius 2 is 1.81 bits per heavy atom. The number of rotatable bonds is 6. The molecule has 32 heavy (non-hydrogen) atoms. The quantitative estimate of drug-likeness (QED) is 0.316. The maximum atomic E-state index is 13.8. The van der Waals surface area contributed by atoms with Gasteiger partial charge in [-0.25, -0.2) is 4.39 Å². The number of hydrogen-bond donors (Lipinski definition) is 1. The molecular formula is C25H19Cl2FN2O2. The third-order valence-corrected chi connectivity index (χ3v) is 5.22. The van der Waals surface area contributed by atoms with Crippen molar-refractivity contribution in [3.63, 3.8) is 0 Å². The van der Waals surface area contributed by atoms with Crippen LogP contribution in [0, 0.1) is 31.0 Å². The fraction of sp³-hybridized carbons (Fsp3) is 0.120. The number of halogens is 3. The molecule has 0 bridgehead atoms. The van der Waals surface area contributed by atoms with Crippen molar-refractivity contribution in [1.29, 1.82) is 5.26 Å². The van der Waals surface area contributed by atoms with E-state index in [1.54, 1.807) is 24.3 Å². The fourth-order valence-electron chi connectivity index (χ4n) is 3.02. The first-order valence-electron chi connectivity index (χ1n) is 9.64. The van der Waals surface area contributed by atoms with Crippen molar-refractivity contribution in [3.05, 3.63) is 98.3 Å². The SMILES string of the molecule is Cc1ccc(NC(=O)/C(C#N)=C/c2cc(Cl)c(OCc3ccccc3F)c(Cl)c2)c(C)c1. The maximum Gasteiger partial charge on any atom is 0.266 e. The van der Waals surface area contributed by atoms with E-state index in [-0.39, 0.29) is 28.0 Å². The zero-order chi connectivity index (χ0) is 23.3. The predicted octanol–water partition coefficient (Wildman–Crippen LogP) is 6.87. The van der Waals surface area contributed by atoms with Gasteiger partial charge in [-0.3, -0.25) is 4.79 Å². The zero-order valence-electron chi connectivity index (χ0n) is 17.4. The average Bonchev–Trinajstić information content (AvgIpc) is 2.74. The van der Waals surface area contributed by atoms with E-state index >= 15 is 0 Å². The topological polar surface area (TPSA) is 62.1 Å². The van der Waals surface area contributed by atoms with E-state index in [2.05, 4.69) is 5.32 Å². The average molecular weight is 469 g/mol. The highest BCUT2D eigenvalue weighted by Crippen LogP contribution is 2.35. The summed E-state index contributed by atoms with van der Waals surface area (Å²) in [5.74, 6) is -0.758. The Kier molecular flexibility index (Phi) is 7.53. The minimum Gasteiger partial charge on any atom is -0.486 e. The van der Waals surface area contributed by atoms with Crippen LogP contribution in [0.25, 0.3) is 6.08 Å². The van der Waals surface area contributed by atoms with Gasteiger partial charge >= 0.3 is 0 Å². The van der Waals surface area contributed by atoms with Crippen molar-refractivity contribution >= 4 is 40.9 Å². The minimum absolute atomic E-state index is 0.0525. The van der Waals surface area contributed by atoms with Gasteiger partial charge in [0, 0.05) is 11.3 Å². The highest BCUT2D eigenvalue weighted by atomic mass is 35.5. The molecule has 0 unspecified atom stereocenters. The highest BCUT2D eigenvalue weighted by Gasteiger charge is 2.14. The van der Waals surface area contributed by atoms with Crippen LogP contribution in [0.2, 0.25) is 10.0 Å². The van der Waals surface area contributed by atoms with Gasteiger partial charge in [0.2, 0.25) is 0 Å². The standard InChI is InChI=1S/C25H19Cl2FN2O2/c1-15-7-8-23(16(2)9-15)30-25(31)19(13-29)10-17-11-20(26)24(21(27)12-17)32-14-18-5-3-4-6-22(18)28/h3-12H,14H2,1-2H3,(H,30,31)/b19-10+. The normalized spacial score (nSPS) is 11.1. The number of nitrogens with one attached hydrogen (secondary N) is 1. The first-order valence-corrected chi connectivity index (χ1v) is 10.4. The third kappa shape index (κ3) is 5.67. The fourth-order valence-corrected chi connectivity index (χ4v) is 3.64. The van der Waals surface area contributed by atoms with Gasteiger partial charge in [-0.2, -0.15) is 5.26 Å². The second kappa shape index (κ2) is 10.3. The van der Waals surface area contributed by atoms with Crippen LogP contribution >= 0.6 is 23.2 Å². The first kappa shape index (κ1) is 23.3. The number of anilines is 1. The van der Waals surface area contributed by atoms with E-state index in [0.29, 0.717) is 16.8 Å². The Balaban J connectivity index is 1.79. The van der Waals surface area contributed by atoms with Crippen molar-refractivity contribution < 1.29 is 13.9 Å². The summed E-state index contributed by atoms with van der Waals surface area (Å²) in [4.78, 5) is 12.6. The van der Waals surface area contributed by atoms with E-state index < -0.39 is 11.7 Å². The van der Waals surface area contributed by atoms with E-state index in [4.69, 9.17) is 27.9 Å². The number of nitrogens with zero attached hydrogens (tertiary/aromatic N) is 1. The number of aryl methyl sites for hydroxylation is 2. The molecule has 3 rings (SSSR count). The molecule has 0 aromatic heterocycles. The van der Waals surface area contributed by atoms with Crippen molar-refractivity contribution in [3.8, 4) is 11.8 Å². The van der Waals surface area contributed by atoms with Crippen LogP contribution < -0.4 is 10.1 Å². The molecule has 7 heteroatoms. The minimum atomic E-state index is -0.549. The molecule has 0 saturated carbocycles. The lowest BCUT2D eigenvalue weighted by Gasteiger charge is -2.12. The molecule has 1 N–H and O–H groups in total. The Morgan fingerprint density at radius 3 is 2.44 bits per heavy atom. The Hall–Kier alpha value is -3.33. The Bertz CT molecular complexity index is 1230. The number of nitriles is 1. The van der Waals surface area contributed by atoms with Gasteiger partial charge in [0.25, 0.3) is 5.91 Å². The van der Waals surface area contributed by atoms with Crippen LogP contribution in [0.5, 0.6) is 5.75 Å². The molecule has 162 valence electrons. The summed E-state index contributed by atoms with van der Waals surface area (Å²) in [7, 11) is 0. The van der Waals surface area contributed by atoms with Gasteiger partial charge in [-0.1, -0.05) is 59.1 Å². The second-order valence-electron chi connectivity index (χ2n) is 7.14. The molecule has 3 aromatic carbocycles. The molecule has 0 heterocycles. The molecule has 0 saturated heterocycles. The largest absolute Gasteiger partial charge is 0.486 e. The van der Waals surface area contributed by atoms with Crippen molar-refractivity contribution in [2.24, 2.45) is 0 Å². The van der Waals surface area contributed by atoms with Gasteiger partial charge in [0.15, 0.2) is 5.75 Å². The van der Waals surface area contributed by atoms with Crippen molar-refractivity contribution in [2.45, 2.75) is 20.5 Å². The number of ether oxygens (including phenoxy) is 1. The van der Waals surface area contributed by atoms with E-state index in [1.807, 2.05) is 32.0 Å². The predicted molar refractivity (Wildman–Crippen MR) is 125 cm³/mol. The van der Waals surface area contributed by atoms with Gasteiger partial charge in [-0.05, 0) is 55.3 Å². The molecule has 4 nitrogen and oxygen atoms in total. The van der Waals surface area contributed by atoms with Crippen LogP contribution in [0.1, 0.15) is 22.3 Å². The Morgan fingerprint density at radius 1 is 1.12 bits per heavy atom. The summed E-state index contributed by atoms with van der Waals surface area (Å²) in [6, 6.07) is 16.8. The maximum absolute atomic E-state index is 13.8. The molecule has 3 aromatic rings. The smallest absolute Gasteiger partial charge is 0.266 e. The molecule has 0 fully saturated rings. The number of carbonyl (C=O) groups is 1. The summed E-state index contributed by atoms with van der Waals surface area (Å²) >= 11 is 12.6. The Labute approximate surface area is 195 Å². The molecule has 0 spiro atoms. The second-order valence-corrected chi connectivity index (χ2v) is 7.95. The monoisotopic (exact) mass is 468 g/mol. The third-order valence-electron chi connectivity index (χ3n) is 4.66. The molecule has 0 aliphatic rings. The van der Waals surface area contributed by atoms with Gasteiger partial charge < -0.3 is 10.1 Å². The van der Waals surface area contributed by atoms with Gasteiger partial charge in [0.05, 0.1) is 10.0 Å². The molecule has 0 atom stereocenters. The number of benzene rings is 3. The van der Waals surface area contributed by atoms with Gasteiger partial charge in [0.1, 0.15) is 24.1 Å². The lowest BCUT2D eigenvalue weighted by molar-refractivity contribution is -0.112. The molecule has 0 aliphatic carbocycles. The van der Waals surface area contributed by atoms with E-state index in [9.17, 15) is 14.4 Å². The van der Waals surface area contributed by atoms with Crippen LogP contribution in [-0.4, -0.2) is 5.91 Å². The lowest BCUT2D eigenvalue weighted by atomic mass is 10.1. The van der Waals surface area contributed by atoms with E-state index in [0.717, 1.165) is 11.1 Å². The van der Waals surface area contributed by atoms with Gasteiger partial charge in [-0.15, -0.1) is 0 Å². The van der Waals surface area contributed by atoms with Crippen LogP contribution in [-0.2, 0) is 11.4 Å².